The van der Waals surface area contributed by atoms with Gasteiger partial charge >= 0.3 is 5.97 Å². The van der Waals surface area contributed by atoms with Gasteiger partial charge in [0.05, 0.1) is 6.42 Å². The Morgan fingerprint density at radius 2 is 2.00 bits per heavy atom. The predicted octanol–water partition coefficient (Wildman–Crippen LogP) is 1.30. The molecule has 0 radical (unpaired) electrons. The molecule has 1 aliphatic rings. The first-order valence-corrected chi connectivity index (χ1v) is 7.39. The Morgan fingerprint density at radius 1 is 1.39 bits per heavy atom. The highest BCUT2D eigenvalue weighted by molar-refractivity contribution is 7.90. The average Bonchev–Trinajstić information content (AvgIpc) is 2.95. The number of sulfone groups is 1. The van der Waals surface area contributed by atoms with Crippen molar-refractivity contribution in [1.29, 1.82) is 0 Å². The smallest absolute Gasteiger partial charge is 0.304 e. The largest absolute Gasteiger partial charge is 0.507 e. The monoisotopic (exact) mass is 270 g/mol. The fraction of sp³-hybridized carbons (Fsp3) is 0.417. The number of phenols is 1. The molecule has 0 aromatic heterocycles. The number of aliphatic carboxylic acids is 1. The van der Waals surface area contributed by atoms with E-state index in [-0.39, 0.29) is 17.1 Å². The van der Waals surface area contributed by atoms with Crippen LogP contribution < -0.4 is 0 Å². The Kier molecular flexibility index (Phi) is 2.85. The molecule has 0 heterocycles. The highest BCUT2D eigenvalue weighted by Gasteiger charge is 2.46. The molecule has 0 aliphatic heterocycles. The first-order valence-electron chi connectivity index (χ1n) is 5.50. The standard InChI is InChI=1S/C12H14O5S/c1-18(16,17)10-3-2-8(6-9(10)13)12(4-5-12)7-11(14)15/h2-3,6,13H,4-5,7H2,1H3,(H,14,15). The Bertz CT molecular complexity index is 599. The third-order valence-electron chi connectivity index (χ3n) is 3.31. The molecule has 2 rings (SSSR count). The normalized spacial score (nSPS) is 17.4. The molecule has 0 bridgehead atoms. The number of benzene rings is 1. The lowest BCUT2D eigenvalue weighted by Crippen LogP contribution is -2.13. The molecule has 1 saturated carbocycles. The number of phenolic OH excluding ortho intramolecular Hbond substituents is 1. The Labute approximate surface area is 105 Å². The molecule has 2 N–H and O–H groups in total. The SMILES string of the molecule is CS(=O)(=O)c1ccc(C2(CC(=O)O)CC2)cc1O. The maximum Gasteiger partial charge on any atom is 0.304 e. The molecule has 5 nitrogen and oxygen atoms in total. The van der Waals surface area contributed by atoms with Crippen LogP contribution in [0.3, 0.4) is 0 Å². The van der Waals surface area contributed by atoms with Crippen molar-refractivity contribution < 1.29 is 23.4 Å². The summed E-state index contributed by atoms with van der Waals surface area (Å²) in [6, 6.07) is 4.29. The van der Waals surface area contributed by atoms with Crippen LogP contribution in [0.25, 0.3) is 0 Å². The lowest BCUT2D eigenvalue weighted by atomic mass is 9.92. The van der Waals surface area contributed by atoms with E-state index in [1.165, 1.54) is 12.1 Å². The van der Waals surface area contributed by atoms with Gasteiger partial charge in [-0.3, -0.25) is 4.79 Å². The van der Waals surface area contributed by atoms with Crippen molar-refractivity contribution >= 4 is 15.8 Å². The second kappa shape index (κ2) is 3.98. The van der Waals surface area contributed by atoms with Crippen molar-refractivity contribution in [3.05, 3.63) is 23.8 Å². The van der Waals surface area contributed by atoms with Crippen LogP contribution in [0, 0.1) is 0 Å². The second-order valence-electron chi connectivity index (χ2n) is 4.81. The van der Waals surface area contributed by atoms with E-state index >= 15 is 0 Å². The molecule has 1 fully saturated rings. The lowest BCUT2D eigenvalue weighted by molar-refractivity contribution is -0.137. The zero-order valence-electron chi connectivity index (χ0n) is 9.88. The van der Waals surface area contributed by atoms with Crippen molar-refractivity contribution in [3.8, 4) is 5.75 Å². The Morgan fingerprint density at radius 3 is 2.39 bits per heavy atom. The van der Waals surface area contributed by atoms with Gasteiger partial charge in [0.15, 0.2) is 9.84 Å². The van der Waals surface area contributed by atoms with E-state index in [1.54, 1.807) is 6.07 Å². The van der Waals surface area contributed by atoms with Crippen LogP contribution in [0.5, 0.6) is 5.75 Å². The number of aromatic hydroxyl groups is 1. The summed E-state index contributed by atoms with van der Waals surface area (Å²) in [6.07, 6.45) is 2.52. The van der Waals surface area contributed by atoms with Crippen LogP contribution >= 0.6 is 0 Å². The molecule has 0 unspecified atom stereocenters. The number of carboxylic acids is 1. The third kappa shape index (κ3) is 2.33. The molecule has 6 heteroatoms. The van der Waals surface area contributed by atoms with Gasteiger partial charge < -0.3 is 10.2 Å². The fourth-order valence-corrected chi connectivity index (χ4v) is 2.92. The van der Waals surface area contributed by atoms with E-state index in [4.69, 9.17) is 5.11 Å². The van der Waals surface area contributed by atoms with Crippen molar-refractivity contribution in [2.45, 2.75) is 29.6 Å². The molecule has 0 spiro atoms. The van der Waals surface area contributed by atoms with Crippen molar-refractivity contribution in [3.63, 3.8) is 0 Å². The number of carbonyl (C=O) groups is 1. The third-order valence-corrected chi connectivity index (χ3v) is 4.46. The Balaban J connectivity index is 2.39. The van der Waals surface area contributed by atoms with E-state index in [1.807, 2.05) is 0 Å². The molecule has 18 heavy (non-hydrogen) atoms. The van der Waals surface area contributed by atoms with E-state index in [0.29, 0.717) is 5.56 Å². The van der Waals surface area contributed by atoms with Gasteiger partial charge in [0, 0.05) is 11.7 Å². The summed E-state index contributed by atoms with van der Waals surface area (Å²) in [6.45, 7) is 0. The molecule has 0 saturated heterocycles. The average molecular weight is 270 g/mol. The van der Waals surface area contributed by atoms with E-state index in [9.17, 15) is 18.3 Å². The van der Waals surface area contributed by atoms with Gasteiger partial charge in [-0.25, -0.2) is 8.42 Å². The zero-order valence-corrected chi connectivity index (χ0v) is 10.7. The van der Waals surface area contributed by atoms with Crippen molar-refractivity contribution in [1.82, 2.24) is 0 Å². The van der Waals surface area contributed by atoms with Crippen LogP contribution in [-0.2, 0) is 20.0 Å². The van der Waals surface area contributed by atoms with Gasteiger partial charge in [0.2, 0.25) is 0 Å². The van der Waals surface area contributed by atoms with Gasteiger partial charge in [-0.05, 0) is 30.5 Å². The molecule has 1 aromatic rings. The summed E-state index contributed by atoms with van der Waals surface area (Å²) in [5.41, 5.74) is 0.258. The molecule has 0 atom stereocenters. The zero-order chi connectivity index (χ0) is 13.6. The molecular formula is C12H14O5S. The van der Waals surface area contributed by atoms with Gasteiger partial charge in [-0.2, -0.15) is 0 Å². The lowest BCUT2D eigenvalue weighted by Gasteiger charge is -2.14. The van der Waals surface area contributed by atoms with Crippen LogP contribution in [0.2, 0.25) is 0 Å². The van der Waals surface area contributed by atoms with Gasteiger partial charge in [0.1, 0.15) is 10.6 Å². The second-order valence-corrected chi connectivity index (χ2v) is 6.79. The summed E-state index contributed by atoms with van der Waals surface area (Å²) >= 11 is 0. The molecule has 0 amide bonds. The summed E-state index contributed by atoms with van der Waals surface area (Å²) in [5.74, 6) is -1.20. The minimum Gasteiger partial charge on any atom is -0.507 e. The molecule has 1 aromatic carbocycles. The maximum absolute atomic E-state index is 11.4. The van der Waals surface area contributed by atoms with Gasteiger partial charge in [-0.1, -0.05) is 6.07 Å². The van der Waals surface area contributed by atoms with Crippen molar-refractivity contribution in [2.75, 3.05) is 6.26 Å². The fourth-order valence-electron chi connectivity index (χ4n) is 2.17. The van der Waals surface area contributed by atoms with Gasteiger partial charge in [0.25, 0.3) is 0 Å². The van der Waals surface area contributed by atoms with Crippen LogP contribution in [0.1, 0.15) is 24.8 Å². The number of hydrogen-bond acceptors (Lipinski definition) is 4. The number of hydrogen-bond donors (Lipinski definition) is 2. The van der Waals surface area contributed by atoms with Gasteiger partial charge in [-0.15, -0.1) is 0 Å². The first kappa shape index (κ1) is 12.9. The van der Waals surface area contributed by atoms with E-state index in [2.05, 4.69) is 0 Å². The molecule has 98 valence electrons. The number of rotatable bonds is 4. The maximum atomic E-state index is 11.4. The Hall–Kier alpha value is -1.56. The number of carboxylic acid groups (broad SMARTS) is 1. The van der Waals surface area contributed by atoms with E-state index in [0.717, 1.165) is 19.1 Å². The van der Waals surface area contributed by atoms with Crippen LogP contribution in [0.4, 0.5) is 0 Å². The summed E-state index contributed by atoms with van der Waals surface area (Å²) in [7, 11) is -3.46. The molecular weight excluding hydrogens is 256 g/mol. The highest BCUT2D eigenvalue weighted by atomic mass is 32.2. The summed E-state index contributed by atoms with van der Waals surface area (Å²) < 4.78 is 22.7. The first-order chi connectivity index (χ1) is 8.24. The van der Waals surface area contributed by atoms with Crippen LogP contribution in [-0.4, -0.2) is 30.9 Å². The minimum absolute atomic E-state index is 0.00462. The molecule has 1 aliphatic carbocycles. The summed E-state index contributed by atoms with van der Waals surface area (Å²) in [5, 5.41) is 18.6. The minimum atomic E-state index is -3.46. The summed E-state index contributed by atoms with van der Waals surface area (Å²) in [4.78, 5) is 10.7. The quantitative estimate of drug-likeness (QED) is 0.860. The van der Waals surface area contributed by atoms with Crippen LogP contribution in [0.15, 0.2) is 23.1 Å². The van der Waals surface area contributed by atoms with Crippen molar-refractivity contribution in [2.24, 2.45) is 0 Å². The highest BCUT2D eigenvalue weighted by Crippen LogP contribution is 2.51. The predicted molar refractivity (Wildman–Crippen MR) is 64.4 cm³/mol. The van der Waals surface area contributed by atoms with E-state index < -0.39 is 21.2 Å². The topological polar surface area (TPSA) is 91.7 Å².